The van der Waals surface area contributed by atoms with Gasteiger partial charge in [-0.25, -0.2) is 9.18 Å². The number of nitrogens with one attached hydrogen (secondary N) is 2. The number of aliphatic hydroxyl groups is 1. The molecule has 3 amide bonds. The Morgan fingerprint density at radius 3 is 2.84 bits per heavy atom. The highest BCUT2D eigenvalue weighted by Crippen LogP contribution is 2.32. The standard InChI is InChI=1S/C23H32FN3O4/c1-2-23(30,18-9-10-19(24)20(13-18)31-15-17-7-8-17)16-25-11-5-3-4-6-12-27-14-21(28)26-22(27)29/h4,6,9-10,13,17,25,30H,2-3,5,7-8,11-12,14-16H2,1H3,(H,26,28,29)/b6-4+. The third-order valence-electron chi connectivity index (χ3n) is 5.73. The summed E-state index contributed by atoms with van der Waals surface area (Å²) in [4.78, 5) is 24.0. The first kappa shape index (κ1) is 23.2. The minimum Gasteiger partial charge on any atom is -0.490 e. The number of carbonyl (C=O) groups excluding carboxylic acids is 2. The summed E-state index contributed by atoms with van der Waals surface area (Å²) in [5.74, 6) is 0.0563. The Hall–Kier alpha value is -2.45. The number of imide groups is 1. The Morgan fingerprint density at radius 1 is 1.35 bits per heavy atom. The average Bonchev–Trinajstić information content (AvgIpc) is 3.52. The van der Waals surface area contributed by atoms with E-state index in [4.69, 9.17) is 4.74 Å². The summed E-state index contributed by atoms with van der Waals surface area (Å²) in [6.07, 6.45) is 8.29. The van der Waals surface area contributed by atoms with Crippen LogP contribution in [0.2, 0.25) is 0 Å². The van der Waals surface area contributed by atoms with Crippen LogP contribution in [0.25, 0.3) is 0 Å². The molecule has 2 fully saturated rings. The molecule has 0 spiro atoms. The maximum absolute atomic E-state index is 14.1. The molecule has 8 heteroatoms. The van der Waals surface area contributed by atoms with Gasteiger partial charge in [0.15, 0.2) is 11.6 Å². The molecule has 1 atom stereocenters. The van der Waals surface area contributed by atoms with E-state index in [1.807, 2.05) is 19.1 Å². The molecule has 1 saturated carbocycles. The summed E-state index contributed by atoms with van der Waals surface area (Å²) in [6.45, 7) is 4.01. The maximum atomic E-state index is 14.1. The molecule has 2 aliphatic rings. The summed E-state index contributed by atoms with van der Waals surface area (Å²) >= 11 is 0. The normalized spacial score (nSPS) is 18.5. The van der Waals surface area contributed by atoms with Crippen LogP contribution in [0.1, 0.15) is 44.6 Å². The molecule has 170 valence electrons. The molecule has 1 aliphatic carbocycles. The van der Waals surface area contributed by atoms with Crippen molar-refractivity contribution in [1.82, 2.24) is 15.5 Å². The first-order chi connectivity index (χ1) is 14.9. The van der Waals surface area contributed by atoms with Gasteiger partial charge in [0.05, 0.1) is 6.61 Å². The van der Waals surface area contributed by atoms with Crippen LogP contribution in [0, 0.1) is 11.7 Å². The molecule has 1 saturated heterocycles. The van der Waals surface area contributed by atoms with E-state index >= 15 is 0 Å². The summed E-state index contributed by atoms with van der Waals surface area (Å²) in [7, 11) is 0. The third kappa shape index (κ3) is 6.77. The number of unbranched alkanes of at least 4 members (excludes halogenated alkanes) is 1. The lowest BCUT2D eigenvalue weighted by Gasteiger charge is -2.28. The summed E-state index contributed by atoms with van der Waals surface area (Å²) in [6, 6.07) is 4.24. The van der Waals surface area contributed by atoms with Gasteiger partial charge in [-0.05, 0) is 62.3 Å². The van der Waals surface area contributed by atoms with Crippen LogP contribution in [0.5, 0.6) is 5.75 Å². The van der Waals surface area contributed by atoms with E-state index in [-0.39, 0.29) is 24.2 Å². The van der Waals surface area contributed by atoms with E-state index in [1.165, 1.54) is 11.0 Å². The van der Waals surface area contributed by atoms with E-state index < -0.39 is 11.4 Å². The van der Waals surface area contributed by atoms with Crippen LogP contribution in [-0.2, 0) is 10.4 Å². The van der Waals surface area contributed by atoms with Crippen molar-refractivity contribution in [2.75, 3.05) is 32.8 Å². The quantitative estimate of drug-likeness (QED) is 0.253. The van der Waals surface area contributed by atoms with Gasteiger partial charge in [-0.3, -0.25) is 10.1 Å². The molecular weight excluding hydrogens is 401 g/mol. The second-order valence-corrected chi connectivity index (χ2v) is 8.31. The number of allylic oxidation sites excluding steroid dienone is 1. The number of ether oxygens (including phenoxy) is 1. The highest BCUT2D eigenvalue weighted by atomic mass is 19.1. The van der Waals surface area contributed by atoms with E-state index in [1.54, 1.807) is 12.1 Å². The van der Waals surface area contributed by atoms with Gasteiger partial charge in [-0.1, -0.05) is 25.1 Å². The predicted octanol–water partition coefficient (Wildman–Crippen LogP) is 2.69. The molecular formula is C23H32FN3O4. The van der Waals surface area contributed by atoms with Crippen LogP contribution in [-0.4, -0.2) is 54.7 Å². The van der Waals surface area contributed by atoms with Crippen molar-refractivity contribution < 1.29 is 23.8 Å². The lowest BCUT2D eigenvalue weighted by Crippen LogP contribution is -2.38. The highest BCUT2D eigenvalue weighted by Gasteiger charge is 2.29. The molecule has 1 aromatic carbocycles. The molecule has 0 radical (unpaired) electrons. The number of rotatable bonds is 13. The first-order valence-electron chi connectivity index (χ1n) is 11.0. The number of carbonyl (C=O) groups is 2. The Bertz CT molecular complexity index is 812. The largest absolute Gasteiger partial charge is 0.490 e. The maximum Gasteiger partial charge on any atom is 0.324 e. The van der Waals surface area contributed by atoms with Crippen LogP contribution < -0.4 is 15.4 Å². The average molecular weight is 434 g/mol. The topological polar surface area (TPSA) is 90.9 Å². The number of urea groups is 1. The molecule has 7 nitrogen and oxygen atoms in total. The molecule has 1 heterocycles. The fourth-order valence-corrected chi connectivity index (χ4v) is 3.42. The van der Waals surface area contributed by atoms with Gasteiger partial charge >= 0.3 is 6.03 Å². The third-order valence-corrected chi connectivity index (χ3v) is 5.73. The Balaban J connectivity index is 1.39. The van der Waals surface area contributed by atoms with Gasteiger partial charge in [-0.2, -0.15) is 0 Å². The van der Waals surface area contributed by atoms with Crippen LogP contribution in [0.3, 0.4) is 0 Å². The smallest absolute Gasteiger partial charge is 0.324 e. The molecule has 31 heavy (non-hydrogen) atoms. The molecule has 1 aromatic rings. The number of nitrogens with zero attached hydrogens (tertiary/aromatic N) is 1. The van der Waals surface area contributed by atoms with Gasteiger partial charge < -0.3 is 20.1 Å². The fourth-order valence-electron chi connectivity index (χ4n) is 3.42. The zero-order chi connectivity index (χ0) is 22.3. The number of hydrogen-bond acceptors (Lipinski definition) is 5. The van der Waals surface area contributed by atoms with E-state index in [2.05, 4.69) is 10.6 Å². The fraction of sp³-hybridized carbons (Fsp3) is 0.565. The predicted molar refractivity (Wildman–Crippen MR) is 115 cm³/mol. The van der Waals surface area contributed by atoms with Gasteiger partial charge in [0.2, 0.25) is 5.91 Å². The van der Waals surface area contributed by atoms with Crippen molar-refractivity contribution in [2.45, 2.75) is 44.6 Å². The van der Waals surface area contributed by atoms with Crippen LogP contribution in [0.4, 0.5) is 9.18 Å². The summed E-state index contributed by atoms with van der Waals surface area (Å²) in [5, 5.41) is 16.6. The number of amides is 3. The zero-order valence-electron chi connectivity index (χ0n) is 18.0. The van der Waals surface area contributed by atoms with Crippen molar-refractivity contribution in [3.63, 3.8) is 0 Å². The molecule has 0 bridgehead atoms. The number of benzene rings is 1. The zero-order valence-corrected chi connectivity index (χ0v) is 18.0. The van der Waals surface area contributed by atoms with Gasteiger partial charge in [0.1, 0.15) is 12.1 Å². The van der Waals surface area contributed by atoms with Gasteiger partial charge in [0, 0.05) is 13.1 Å². The van der Waals surface area contributed by atoms with Crippen molar-refractivity contribution in [3.05, 3.63) is 41.7 Å². The van der Waals surface area contributed by atoms with Crippen molar-refractivity contribution in [1.29, 1.82) is 0 Å². The monoisotopic (exact) mass is 433 g/mol. The van der Waals surface area contributed by atoms with E-state index in [0.29, 0.717) is 44.1 Å². The first-order valence-corrected chi connectivity index (χ1v) is 11.0. The molecule has 3 rings (SSSR count). The van der Waals surface area contributed by atoms with Crippen LogP contribution in [0.15, 0.2) is 30.4 Å². The van der Waals surface area contributed by atoms with Crippen LogP contribution >= 0.6 is 0 Å². The molecule has 1 unspecified atom stereocenters. The lowest BCUT2D eigenvalue weighted by molar-refractivity contribution is -0.118. The van der Waals surface area contributed by atoms with E-state index in [9.17, 15) is 19.1 Å². The van der Waals surface area contributed by atoms with Gasteiger partial charge in [0.25, 0.3) is 0 Å². The number of hydrogen-bond donors (Lipinski definition) is 3. The summed E-state index contributed by atoms with van der Waals surface area (Å²) < 4.78 is 19.7. The molecule has 1 aliphatic heterocycles. The SMILES string of the molecule is CCC(O)(CNCCC/C=C/CN1CC(=O)NC1=O)c1ccc(F)c(OCC2CC2)c1. The van der Waals surface area contributed by atoms with Gasteiger partial charge in [-0.15, -0.1) is 0 Å². The highest BCUT2D eigenvalue weighted by molar-refractivity contribution is 6.01. The second kappa shape index (κ2) is 10.7. The Labute approximate surface area is 182 Å². The molecule has 0 aromatic heterocycles. The minimum atomic E-state index is -1.10. The summed E-state index contributed by atoms with van der Waals surface area (Å²) in [5.41, 5.74) is -0.454. The van der Waals surface area contributed by atoms with Crippen molar-refractivity contribution >= 4 is 11.9 Å². The van der Waals surface area contributed by atoms with E-state index in [0.717, 1.165) is 25.7 Å². The molecule has 3 N–H and O–H groups in total. The number of halogens is 1. The van der Waals surface area contributed by atoms with Crippen molar-refractivity contribution in [3.8, 4) is 5.75 Å². The Kier molecular flexibility index (Phi) is 8.03. The Morgan fingerprint density at radius 2 is 2.16 bits per heavy atom. The minimum absolute atomic E-state index is 0.108. The van der Waals surface area contributed by atoms with Crippen molar-refractivity contribution in [2.24, 2.45) is 5.92 Å². The lowest BCUT2D eigenvalue weighted by atomic mass is 9.90. The second-order valence-electron chi connectivity index (χ2n) is 8.31.